The number of rotatable bonds is 8. The van der Waals surface area contributed by atoms with Gasteiger partial charge < -0.3 is 20.3 Å². The number of hydrogen-bond acceptors (Lipinski definition) is 5. The summed E-state index contributed by atoms with van der Waals surface area (Å²) in [5.41, 5.74) is 7.28. The Labute approximate surface area is 116 Å². The summed E-state index contributed by atoms with van der Waals surface area (Å²) in [6.45, 7) is 2.70. The van der Waals surface area contributed by atoms with Gasteiger partial charge in [0.1, 0.15) is 0 Å². The van der Waals surface area contributed by atoms with Gasteiger partial charge in [0, 0.05) is 6.54 Å². The average Bonchev–Trinajstić information content (AvgIpc) is 2.76. The maximum atomic E-state index is 6.29. The van der Waals surface area contributed by atoms with Gasteiger partial charge in [0.05, 0.1) is 31.6 Å². The van der Waals surface area contributed by atoms with E-state index < -0.39 is 0 Å². The van der Waals surface area contributed by atoms with Crippen molar-refractivity contribution < 1.29 is 4.74 Å². The monoisotopic (exact) mass is 269 g/mol. The van der Waals surface area contributed by atoms with Crippen LogP contribution >= 0.6 is 0 Å². The summed E-state index contributed by atoms with van der Waals surface area (Å²) in [6.07, 6.45) is 2.64. The van der Waals surface area contributed by atoms with Crippen molar-refractivity contribution in [2.45, 2.75) is 19.0 Å². The lowest BCUT2D eigenvalue weighted by molar-refractivity contribution is 0.346. The molecule has 0 radical (unpaired) electrons. The third-order valence-corrected chi connectivity index (χ3v) is 3.06. The molecule has 1 aromatic heterocycles. The minimum absolute atomic E-state index is 0.0537. The largest absolute Gasteiger partial charge is 0.493 e. The Kier molecular flexibility index (Phi) is 6.27. The van der Waals surface area contributed by atoms with E-state index >= 15 is 0 Å². The van der Waals surface area contributed by atoms with Crippen molar-refractivity contribution in [2.24, 2.45) is 5.73 Å². The Morgan fingerprint density at radius 1 is 1.26 bits per heavy atom. The second-order valence-corrected chi connectivity index (χ2v) is 5.32. The van der Waals surface area contributed by atoms with E-state index in [1.807, 2.05) is 32.9 Å². The first-order valence-corrected chi connectivity index (χ1v) is 6.60. The van der Waals surface area contributed by atoms with Crippen LogP contribution < -0.4 is 10.5 Å². The molecular formula is C13H27N5O. The summed E-state index contributed by atoms with van der Waals surface area (Å²) in [7, 11) is 9.86. The topological polar surface area (TPSA) is 59.6 Å². The van der Waals surface area contributed by atoms with Gasteiger partial charge in [-0.1, -0.05) is 0 Å². The molecule has 1 aromatic rings. The van der Waals surface area contributed by atoms with Gasteiger partial charge in [-0.2, -0.15) is 5.10 Å². The van der Waals surface area contributed by atoms with Crippen molar-refractivity contribution in [1.29, 1.82) is 0 Å². The zero-order chi connectivity index (χ0) is 14.4. The molecule has 110 valence electrons. The highest BCUT2D eigenvalue weighted by Crippen LogP contribution is 2.25. The molecule has 0 aromatic carbocycles. The zero-order valence-electron chi connectivity index (χ0n) is 12.8. The van der Waals surface area contributed by atoms with Crippen LogP contribution in [0.3, 0.4) is 0 Å². The third-order valence-electron chi connectivity index (χ3n) is 3.06. The van der Waals surface area contributed by atoms with E-state index in [2.05, 4.69) is 14.9 Å². The smallest absolute Gasteiger partial charge is 0.161 e. The van der Waals surface area contributed by atoms with Crippen LogP contribution in [0, 0.1) is 0 Å². The van der Waals surface area contributed by atoms with Crippen LogP contribution in [0.15, 0.2) is 6.20 Å². The predicted octanol–water partition coefficient (Wildman–Crippen LogP) is 0.405. The molecular weight excluding hydrogens is 242 g/mol. The van der Waals surface area contributed by atoms with Crippen LogP contribution in [0.4, 0.5) is 0 Å². The highest BCUT2D eigenvalue weighted by molar-refractivity contribution is 5.28. The maximum absolute atomic E-state index is 6.29. The molecule has 0 bridgehead atoms. The fourth-order valence-electron chi connectivity index (χ4n) is 1.92. The molecule has 1 unspecified atom stereocenters. The minimum atomic E-state index is -0.0537. The number of likely N-dealkylation sites (N-methyl/N-ethyl adjacent to an activating group) is 1. The van der Waals surface area contributed by atoms with E-state index in [1.165, 1.54) is 0 Å². The summed E-state index contributed by atoms with van der Waals surface area (Å²) in [5, 5.41) is 4.38. The molecule has 0 spiro atoms. The lowest BCUT2D eigenvalue weighted by Gasteiger charge is -2.19. The number of nitrogens with two attached hydrogens (primary N) is 1. The fraction of sp³-hybridized carbons (Fsp3) is 0.769. The first kappa shape index (κ1) is 15.9. The molecule has 0 amide bonds. The Morgan fingerprint density at radius 3 is 2.42 bits per heavy atom. The van der Waals surface area contributed by atoms with Gasteiger partial charge in [-0.05, 0) is 41.2 Å². The lowest BCUT2D eigenvalue weighted by Crippen LogP contribution is -2.25. The number of aromatic nitrogens is 2. The predicted molar refractivity (Wildman–Crippen MR) is 77.4 cm³/mol. The average molecular weight is 269 g/mol. The molecule has 0 aliphatic heterocycles. The minimum Gasteiger partial charge on any atom is -0.493 e. The summed E-state index contributed by atoms with van der Waals surface area (Å²) in [4.78, 5) is 4.26. The Balaban J connectivity index is 2.79. The SMILES string of the molecule is COc1cnn(CCN(C)C)c1C(N)CCN(C)C. The van der Waals surface area contributed by atoms with Crippen LogP contribution in [-0.4, -0.2) is 68.0 Å². The maximum Gasteiger partial charge on any atom is 0.161 e. The number of nitrogens with zero attached hydrogens (tertiary/aromatic N) is 4. The quantitative estimate of drug-likeness (QED) is 0.740. The molecule has 1 rings (SSSR count). The van der Waals surface area contributed by atoms with Gasteiger partial charge in [0.25, 0.3) is 0 Å². The molecule has 0 aliphatic carbocycles. The van der Waals surface area contributed by atoms with E-state index in [4.69, 9.17) is 10.5 Å². The summed E-state index contributed by atoms with van der Waals surface area (Å²) >= 11 is 0. The highest BCUT2D eigenvalue weighted by atomic mass is 16.5. The fourth-order valence-corrected chi connectivity index (χ4v) is 1.92. The number of hydrogen-bond donors (Lipinski definition) is 1. The van der Waals surface area contributed by atoms with Crippen LogP contribution in [0.25, 0.3) is 0 Å². The summed E-state index contributed by atoms with van der Waals surface area (Å²) in [5.74, 6) is 0.782. The first-order valence-electron chi connectivity index (χ1n) is 6.60. The van der Waals surface area contributed by atoms with Crippen LogP contribution in [0.5, 0.6) is 5.75 Å². The van der Waals surface area contributed by atoms with Crippen molar-refractivity contribution in [3.63, 3.8) is 0 Å². The highest BCUT2D eigenvalue weighted by Gasteiger charge is 2.18. The summed E-state index contributed by atoms with van der Waals surface area (Å²) in [6, 6.07) is -0.0537. The molecule has 6 nitrogen and oxygen atoms in total. The van der Waals surface area contributed by atoms with E-state index in [1.54, 1.807) is 13.3 Å². The molecule has 1 heterocycles. The van der Waals surface area contributed by atoms with E-state index in [0.717, 1.165) is 37.5 Å². The number of methoxy groups -OCH3 is 1. The van der Waals surface area contributed by atoms with E-state index in [-0.39, 0.29) is 6.04 Å². The van der Waals surface area contributed by atoms with Gasteiger partial charge in [-0.15, -0.1) is 0 Å². The van der Waals surface area contributed by atoms with Crippen molar-refractivity contribution in [3.8, 4) is 5.75 Å². The van der Waals surface area contributed by atoms with Gasteiger partial charge in [0.15, 0.2) is 5.75 Å². The molecule has 0 fully saturated rings. The first-order chi connectivity index (χ1) is 8.95. The van der Waals surface area contributed by atoms with Crippen molar-refractivity contribution in [1.82, 2.24) is 19.6 Å². The van der Waals surface area contributed by atoms with Crippen LogP contribution in [0.2, 0.25) is 0 Å². The van der Waals surface area contributed by atoms with Crippen molar-refractivity contribution in [3.05, 3.63) is 11.9 Å². The van der Waals surface area contributed by atoms with Gasteiger partial charge in [0.2, 0.25) is 0 Å². The zero-order valence-corrected chi connectivity index (χ0v) is 12.8. The van der Waals surface area contributed by atoms with Crippen LogP contribution in [-0.2, 0) is 6.54 Å². The van der Waals surface area contributed by atoms with Crippen molar-refractivity contribution >= 4 is 0 Å². The second-order valence-electron chi connectivity index (χ2n) is 5.32. The third kappa shape index (κ3) is 4.81. The normalized spacial score (nSPS) is 13.3. The molecule has 2 N–H and O–H groups in total. The standard InChI is InChI=1S/C13H27N5O/c1-16(2)7-6-11(14)13-12(19-5)10-15-18(13)9-8-17(3)4/h10-11H,6-9,14H2,1-5H3. The molecule has 0 aliphatic rings. The summed E-state index contributed by atoms with van der Waals surface area (Å²) < 4.78 is 7.33. The Hall–Kier alpha value is -1.11. The molecule has 0 saturated carbocycles. The second kappa shape index (κ2) is 7.47. The Bertz CT molecular complexity index is 375. The Morgan fingerprint density at radius 2 is 1.89 bits per heavy atom. The molecule has 1 atom stereocenters. The molecule has 19 heavy (non-hydrogen) atoms. The van der Waals surface area contributed by atoms with Gasteiger partial charge >= 0.3 is 0 Å². The van der Waals surface area contributed by atoms with Crippen molar-refractivity contribution in [2.75, 3.05) is 48.4 Å². The van der Waals surface area contributed by atoms with Gasteiger partial charge in [-0.3, -0.25) is 4.68 Å². The lowest BCUT2D eigenvalue weighted by atomic mass is 10.1. The molecule has 0 saturated heterocycles. The van der Waals surface area contributed by atoms with Gasteiger partial charge in [-0.25, -0.2) is 0 Å². The molecule has 6 heteroatoms. The van der Waals surface area contributed by atoms with Crippen LogP contribution in [0.1, 0.15) is 18.2 Å². The number of ether oxygens (including phenoxy) is 1. The van der Waals surface area contributed by atoms with E-state index in [0.29, 0.717) is 0 Å². The van der Waals surface area contributed by atoms with E-state index in [9.17, 15) is 0 Å².